The van der Waals surface area contributed by atoms with E-state index >= 15 is 0 Å². The number of aromatic amines is 1. The summed E-state index contributed by atoms with van der Waals surface area (Å²) in [5.41, 5.74) is 0. The Labute approximate surface area is 58.7 Å². The topological polar surface area (TPSA) is 53.9 Å². The van der Waals surface area contributed by atoms with Crippen molar-refractivity contribution in [3.05, 3.63) is 24.9 Å². The molecule has 4 heteroatoms. The maximum atomic E-state index is 3.78. The van der Waals surface area contributed by atoms with E-state index < -0.39 is 0 Å². The van der Waals surface area contributed by atoms with Crippen molar-refractivity contribution in [2.45, 2.75) is 6.42 Å². The van der Waals surface area contributed by atoms with Crippen LogP contribution in [0.4, 0.5) is 0 Å². The molecular formula is C6H8N4. The van der Waals surface area contributed by atoms with E-state index in [0.29, 0.717) is 0 Å². The highest BCUT2D eigenvalue weighted by molar-refractivity contribution is 5.62. The van der Waals surface area contributed by atoms with Gasteiger partial charge in [0.15, 0.2) is 0 Å². The average molecular weight is 136 g/mol. The van der Waals surface area contributed by atoms with Crippen molar-refractivity contribution in [1.29, 1.82) is 0 Å². The number of allylic oxidation sites excluding steroid dienone is 1. The molecule has 2 heterocycles. The van der Waals surface area contributed by atoms with Crippen LogP contribution in [-0.4, -0.2) is 21.4 Å². The molecule has 0 amide bonds. The molecule has 0 saturated carbocycles. The molecule has 0 bridgehead atoms. The Morgan fingerprint density at radius 3 is 2.60 bits per heavy atom. The summed E-state index contributed by atoms with van der Waals surface area (Å²) in [6.45, 7) is 0. The first kappa shape index (κ1) is 6.67. The summed E-state index contributed by atoms with van der Waals surface area (Å²) >= 11 is 0. The molecule has 0 atom stereocenters. The van der Waals surface area contributed by atoms with Crippen LogP contribution in [0.3, 0.4) is 0 Å². The molecule has 52 valence electrons. The zero-order valence-corrected chi connectivity index (χ0v) is 5.44. The third-order valence-corrected chi connectivity index (χ3v) is 0.870. The molecule has 0 saturated heterocycles. The Kier molecular flexibility index (Phi) is 2.95. The lowest BCUT2D eigenvalue weighted by Gasteiger charge is -1.54. The minimum atomic E-state index is 1.03. The number of aromatic nitrogens is 3. The van der Waals surface area contributed by atoms with Gasteiger partial charge in [-0.2, -0.15) is 5.10 Å². The van der Waals surface area contributed by atoms with Crippen LogP contribution in [0, 0.1) is 0 Å². The summed E-state index contributed by atoms with van der Waals surface area (Å²) in [7, 11) is 0. The van der Waals surface area contributed by atoms with Crippen LogP contribution in [0.15, 0.2) is 29.9 Å². The van der Waals surface area contributed by atoms with Gasteiger partial charge in [0, 0.05) is 18.8 Å². The lowest BCUT2D eigenvalue weighted by atomic mass is 10.5. The van der Waals surface area contributed by atoms with Crippen molar-refractivity contribution in [2.24, 2.45) is 4.99 Å². The number of H-pyrrole nitrogens is 1. The molecule has 10 heavy (non-hydrogen) atoms. The monoisotopic (exact) mass is 136 g/mol. The summed E-state index contributed by atoms with van der Waals surface area (Å²) in [6.07, 6.45) is 9.68. The lowest BCUT2D eigenvalue weighted by molar-refractivity contribution is 1.09. The summed E-state index contributed by atoms with van der Waals surface area (Å²) in [5.74, 6) is 0. The Morgan fingerprint density at radius 1 is 1.40 bits per heavy atom. The minimum absolute atomic E-state index is 1.03. The van der Waals surface area contributed by atoms with E-state index in [1.165, 1.54) is 12.7 Å². The summed E-state index contributed by atoms with van der Waals surface area (Å²) in [4.78, 5) is 7.33. The lowest BCUT2D eigenvalue weighted by Crippen LogP contribution is -1.53. The van der Waals surface area contributed by atoms with Gasteiger partial charge in [0.1, 0.15) is 12.7 Å². The van der Waals surface area contributed by atoms with Gasteiger partial charge >= 0.3 is 0 Å². The molecule has 1 aliphatic heterocycles. The second-order valence-electron chi connectivity index (χ2n) is 1.60. The second-order valence-corrected chi connectivity index (χ2v) is 1.60. The molecule has 1 N–H and O–H groups in total. The number of hydrogen-bond acceptors (Lipinski definition) is 3. The number of hydrogen-bond donors (Lipinski definition) is 1. The number of nitrogens with one attached hydrogen (secondary N) is 1. The maximum absolute atomic E-state index is 3.78. The highest BCUT2D eigenvalue weighted by atomic mass is 15.2. The van der Waals surface area contributed by atoms with E-state index in [0.717, 1.165) is 6.42 Å². The summed E-state index contributed by atoms with van der Waals surface area (Å²) < 4.78 is 0. The Morgan fingerprint density at radius 2 is 2.40 bits per heavy atom. The summed E-state index contributed by atoms with van der Waals surface area (Å²) in [6, 6.07) is 0. The van der Waals surface area contributed by atoms with Crippen LogP contribution in [0.5, 0.6) is 0 Å². The van der Waals surface area contributed by atoms with Gasteiger partial charge in [-0.25, -0.2) is 4.98 Å². The molecule has 0 aliphatic carbocycles. The first-order chi connectivity index (χ1) is 5.00. The van der Waals surface area contributed by atoms with Gasteiger partial charge in [0.25, 0.3) is 0 Å². The van der Waals surface area contributed by atoms with E-state index in [1.54, 1.807) is 6.20 Å². The summed E-state index contributed by atoms with van der Waals surface area (Å²) in [5, 5.41) is 5.99. The van der Waals surface area contributed by atoms with Gasteiger partial charge in [0.05, 0.1) is 0 Å². The third kappa shape index (κ3) is 2.76. The molecule has 0 radical (unpaired) electrons. The van der Waals surface area contributed by atoms with Crippen molar-refractivity contribution in [2.75, 3.05) is 0 Å². The molecule has 4 nitrogen and oxygen atoms in total. The third-order valence-electron chi connectivity index (χ3n) is 0.870. The highest BCUT2D eigenvalue weighted by Crippen LogP contribution is 1.86. The zero-order valence-electron chi connectivity index (χ0n) is 5.44. The van der Waals surface area contributed by atoms with Crippen LogP contribution >= 0.6 is 0 Å². The van der Waals surface area contributed by atoms with Gasteiger partial charge in [0.2, 0.25) is 0 Å². The van der Waals surface area contributed by atoms with Crippen LogP contribution in [0.25, 0.3) is 0 Å². The largest absolute Gasteiger partial charge is 0.269 e. The fraction of sp³-hybridized carbons (Fsp3) is 0.167. The fourth-order valence-corrected chi connectivity index (χ4v) is 0.471. The quantitative estimate of drug-likeness (QED) is 0.573. The first-order valence-corrected chi connectivity index (χ1v) is 2.95. The van der Waals surface area contributed by atoms with E-state index in [4.69, 9.17) is 0 Å². The average Bonchev–Trinajstić information content (AvgIpc) is 2.67. The van der Waals surface area contributed by atoms with Gasteiger partial charge in [-0.3, -0.25) is 10.1 Å². The standard InChI is InChI=1S/C4H5N.C2H3N3/c1-2-4-5-3-1;1-3-2-5-4-1/h1,3-4H,2H2;1-2H,(H,3,4,5). The molecule has 0 unspecified atom stereocenters. The number of aliphatic imine (C=N–C) groups is 1. The number of nitrogens with zero attached hydrogens (tertiary/aromatic N) is 3. The molecular weight excluding hydrogens is 128 g/mol. The Hall–Kier alpha value is -1.45. The predicted molar refractivity (Wildman–Crippen MR) is 38.6 cm³/mol. The van der Waals surface area contributed by atoms with Gasteiger partial charge < -0.3 is 0 Å². The maximum Gasteiger partial charge on any atom is 0.137 e. The molecule has 1 aromatic rings. The van der Waals surface area contributed by atoms with Gasteiger partial charge in [-0.05, 0) is 0 Å². The minimum Gasteiger partial charge on any atom is -0.269 e. The molecule has 2 rings (SSSR count). The molecule has 0 fully saturated rings. The van der Waals surface area contributed by atoms with Gasteiger partial charge in [-0.15, -0.1) is 0 Å². The Balaban J connectivity index is 0.0000001000. The molecule has 1 aliphatic rings. The number of rotatable bonds is 0. The molecule has 0 spiro atoms. The highest BCUT2D eigenvalue weighted by Gasteiger charge is 1.73. The zero-order chi connectivity index (χ0) is 7.07. The van der Waals surface area contributed by atoms with E-state index in [9.17, 15) is 0 Å². The van der Waals surface area contributed by atoms with Crippen LogP contribution in [0.2, 0.25) is 0 Å². The molecule has 1 aromatic heterocycles. The Bertz CT molecular complexity index is 172. The SMILES string of the molecule is C1=CN=CC1.c1nc[nH]n1. The van der Waals surface area contributed by atoms with Crippen molar-refractivity contribution >= 4 is 6.21 Å². The van der Waals surface area contributed by atoms with Crippen molar-refractivity contribution in [1.82, 2.24) is 15.2 Å². The second kappa shape index (κ2) is 4.43. The van der Waals surface area contributed by atoms with E-state index in [-0.39, 0.29) is 0 Å². The normalized spacial score (nSPS) is 12.8. The van der Waals surface area contributed by atoms with Crippen molar-refractivity contribution in [3.8, 4) is 0 Å². The van der Waals surface area contributed by atoms with Crippen LogP contribution < -0.4 is 0 Å². The molecule has 0 aromatic carbocycles. The van der Waals surface area contributed by atoms with E-state index in [2.05, 4.69) is 20.2 Å². The van der Waals surface area contributed by atoms with Crippen molar-refractivity contribution in [3.63, 3.8) is 0 Å². The smallest absolute Gasteiger partial charge is 0.137 e. The van der Waals surface area contributed by atoms with Crippen molar-refractivity contribution < 1.29 is 0 Å². The predicted octanol–water partition coefficient (Wildman–Crippen LogP) is 0.779. The van der Waals surface area contributed by atoms with Crippen LogP contribution in [-0.2, 0) is 0 Å². The van der Waals surface area contributed by atoms with Gasteiger partial charge in [-0.1, -0.05) is 6.08 Å². The fourth-order valence-electron chi connectivity index (χ4n) is 0.471. The van der Waals surface area contributed by atoms with Crippen LogP contribution in [0.1, 0.15) is 6.42 Å². The van der Waals surface area contributed by atoms with E-state index in [1.807, 2.05) is 12.3 Å². The first-order valence-electron chi connectivity index (χ1n) is 2.95.